The van der Waals surface area contributed by atoms with Crippen molar-refractivity contribution in [2.75, 3.05) is 5.32 Å². The lowest BCUT2D eigenvalue weighted by Crippen LogP contribution is -2.06. The van der Waals surface area contributed by atoms with Crippen LogP contribution in [-0.2, 0) is 0 Å². The van der Waals surface area contributed by atoms with Crippen LogP contribution in [0.25, 0.3) is 22.9 Å². The Hall–Kier alpha value is -3.67. The van der Waals surface area contributed by atoms with E-state index in [1.807, 2.05) is 69.3 Å². The molecular formula is C22H20N4O2. The maximum atomic E-state index is 5.55. The van der Waals surface area contributed by atoms with E-state index >= 15 is 0 Å². The molecule has 0 unspecified atom stereocenters. The maximum absolute atomic E-state index is 5.55. The van der Waals surface area contributed by atoms with Crippen LogP contribution in [-0.4, -0.2) is 15.8 Å². The van der Waals surface area contributed by atoms with Crippen LogP contribution in [0, 0.1) is 13.8 Å². The van der Waals surface area contributed by atoms with E-state index in [0.717, 1.165) is 11.1 Å². The number of amidine groups is 1. The maximum Gasteiger partial charge on any atom is 0.228 e. The van der Waals surface area contributed by atoms with Crippen LogP contribution in [0.3, 0.4) is 0 Å². The minimum absolute atomic E-state index is 0.489. The molecule has 0 bridgehead atoms. The minimum atomic E-state index is 0.489. The largest absolute Gasteiger partial charge is 0.442 e. The van der Waals surface area contributed by atoms with E-state index in [1.54, 1.807) is 6.26 Å². The minimum Gasteiger partial charge on any atom is -0.442 e. The third kappa shape index (κ3) is 4.01. The van der Waals surface area contributed by atoms with Crippen LogP contribution in [0.2, 0.25) is 0 Å². The van der Waals surface area contributed by atoms with Gasteiger partial charge in [-0.05, 0) is 45.0 Å². The number of aliphatic imine (C=N–C) groups is 1. The van der Waals surface area contributed by atoms with Crippen molar-refractivity contribution < 1.29 is 8.83 Å². The lowest BCUT2D eigenvalue weighted by Gasteiger charge is -1.99. The summed E-state index contributed by atoms with van der Waals surface area (Å²) in [7, 11) is 0. The Morgan fingerprint density at radius 2 is 1.32 bits per heavy atom. The zero-order valence-electron chi connectivity index (χ0n) is 15.9. The summed E-state index contributed by atoms with van der Waals surface area (Å²) < 4.78 is 11.1. The number of rotatable bonds is 4. The first-order chi connectivity index (χ1) is 13.6. The van der Waals surface area contributed by atoms with Gasteiger partial charge in [0, 0.05) is 11.1 Å². The molecule has 4 rings (SSSR count). The highest BCUT2D eigenvalue weighted by Crippen LogP contribution is 2.24. The molecule has 0 amide bonds. The van der Waals surface area contributed by atoms with E-state index in [-0.39, 0.29) is 0 Å². The molecule has 28 heavy (non-hydrogen) atoms. The van der Waals surface area contributed by atoms with Crippen LogP contribution in [0.15, 0.2) is 74.9 Å². The first-order valence-electron chi connectivity index (χ1n) is 8.94. The smallest absolute Gasteiger partial charge is 0.228 e. The van der Waals surface area contributed by atoms with Crippen LogP contribution in [0.5, 0.6) is 0 Å². The Balaban J connectivity index is 1.46. The number of nitrogens with zero attached hydrogens (tertiary/aromatic N) is 3. The van der Waals surface area contributed by atoms with Crippen molar-refractivity contribution in [3.05, 3.63) is 72.2 Å². The second kappa shape index (κ2) is 7.52. The Labute approximate surface area is 163 Å². The predicted octanol–water partition coefficient (Wildman–Crippen LogP) is 5.78. The monoisotopic (exact) mass is 372 g/mol. The van der Waals surface area contributed by atoms with Gasteiger partial charge in [-0.25, -0.2) is 4.99 Å². The van der Waals surface area contributed by atoms with E-state index in [0.29, 0.717) is 29.3 Å². The average Bonchev–Trinajstić information content (AvgIpc) is 3.33. The summed E-state index contributed by atoms with van der Waals surface area (Å²) in [6, 6.07) is 16.0. The summed E-state index contributed by atoms with van der Waals surface area (Å²) in [5, 5.41) is 3.11. The molecule has 2 aromatic carbocycles. The van der Waals surface area contributed by atoms with Crippen LogP contribution >= 0.6 is 0 Å². The Bertz CT molecular complexity index is 1110. The molecule has 0 saturated heterocycles. The quantitative estimate of drug-likeness (QED) is 0.363. The highest BCUT2D eigenvalue weighted by atomic mass is 16.3. The SMILES string of the molecule is CC(=Nc1coc(-c2ccc(C)cc2)n1)Nc1coc(-c2ccc(C)cc2)n1. The summed E-state index contributed by atoms with van der Waals surface area (Å²) in [5.41, 5.74) is 4.21. The first kappa shape index (κ1) is 17.7. The molecule has 0 aliphatic carbocycles. The number of benzene rings is 2. The van der Waals surface area contributed by atoms with Gasteiger partial charge in [0.1, 0.15) is 18.4 Å². The topological polar surface area (TPSA) is 76.5 Å². The standard InChI is InChI=1S/C22H20N4O2/c1-14-4-8-17(9-5-14)21-25-19(12-27-21)23-16(3)24-20-13-28-22(26-20)18-10-6-15(2)7-11-18/h4-13H,1-3H3,(H,23,24). The molecule has 0 fully saturated rings. The van der Waals surface area contributed by atoms with E-state index in [9.17, 15) is 0 Å². The molecule has 6 heteroatoms. The first-order valence-corrected chi connectivity index (χ1v) is 8.94. The summed E-state index contributed by atoms with van der Waals surface area (Å²) in [6.07, 6.45) is 3.09. The molecule has 0 spiro atoms. The van der Waals surface area contributed by atoms with E-state index < -0.39 is 0 Å². The van der Waals surface area contributed by atoms with Crippen molar-refractivity contribution in [2.45, 2.75) is 20.8 Å². The van der Waals surface area contributed by atoms with Gasteiger partial charge >= 0.3 is 0 Å². The summed E-state index contributed by atoms with van der Waals surface area (Å²) >= 11 is 0. The van der Waals surface area contributed by atoms with Crippen LogP contribution in [0.1, 0.15) is 18.1 Å². The molecule has 0 aliphatic heterocycles. The number of aromatic nitrogens is 2. The third-order valence-corrected chi connectivity index (χ3v) is 4.18. The molecule has 0 saturated carbocycles. The van der Waals surface area contributed by atoms with E-state index in [4.69, 9.17) is 8.83 Å². The number of nitrogens with one attached hydrogen (secondary N) is 1. The van der Waals surface area contributed by atoms with Crippen molar-refractivity contribution in [1.29, 1.82) is 0 Å². The molecule has 1 N–H and O–H groups in total. The van der Waals surface area contributed by atoms with Crippen molar-refractivity contribution in [1.82, 2.24) is 9.97 Å². The molecule has 140 valence electrons. The molecule has 0 aliphatic rings. The second-order valence-electron chi connectivity index (χ2n) is 6.60. The zero-order chi connectivity index (χ0) is 19.5. The highest BCUT2D eigenvalue weighted by Gasteiger charge is 2.09. The van der Waals surface area contributed by atoms with E-state index in [2.05, 4.69) is 20.3 Å². The third-order valence-electron chi connectivity index (χ3n) is 4.18. The second-order valence-corrected chi connectivity index (χ2v) is 6.60. The van der Waals surface area contributed by atoms with E-state index in [1.165, 1.54) is 17.4 Å². The van der Waals surface area contributed by atoms with Gasteiger partial charge < -0.3 is 14.2 Å². The van der Waals surface area contributed by atoms with Gasteiger partial charge in [0.15, 0.2) is 11.6 Å². The lowest BCUT2D eigenvalue weighted by atomic mass is 10.1. The molecular weight excluding hydrogens is 352 g/mol. The van der Waals surface area contributed by atoms with Crippen molar-refractivity contribution in [3.8, 4) is 22.9 Å². The van der Waals surface area contributed by atoms with Gasteiger partial charge in [-0.15, -0.1) is 0 Å². The fraction of sp³-hybridized carbons (Fsp3) is 0.136. The van der Waals surface area contributed by atoms with Gasteiger partial charge in [-0.1, -0.05) is 35.4 Å². The molecule has 2 aromatic heterocycles. The zero-order valence-corrected chi connectivity index (χ0v) is 15.9. The molecule has 0 radical (unpaired) electrons. The lowest BCUT2D eigenvalue weighted by molar-refractivity contribution is 0.574. The number of hydrogen-bond acceptors (Lipinski definition) is 5. The van der Waals surface area contributed by atoms with Crippen molar-refractivity contribution in [2.24, 2.45) is 4.99 Å². The number of hydrogen-bond donors (Lipinski definition) is 1. The average molecular weight is 372 g/mol. The van der Waals surface area contributed by atoms with Crippen molar-refractivity contribution >= 4 is 17.5 Å². The Morgan fingerprint density at radius 1 is 0.786 bits per heavy atom. The van der Waals surface area contributed by atoms with Gasteiger partial charge in [0.05, 0.1) is 0 Å². The molecule has 6 nitrogen and oxygen atoms in total. The summed E-state index contributed by atoms with van der Waals surface area (Å²) in [4.78, 5) is 13.3. The summed E-state index contributed by atoms with van der Waals surface area (Å²) in [5.74, 6) is 2.79. The summed E-state index contributed by atoms with van der Waals surface area (Å²) in [6.45, 7) is 5.92. The fourth-order valence-corrected chi connectivity index (χ4v) is 2.69. The Kier molecular flexibility index (Phi) is 4.76. The van der Waals surface area contributed by atoms with Crippen molar-refractivity contribution in [3.63, 3.8) is 0 Å². The predicted molar refractivity (Wildman–Crippen MR) is 110 cm³/mol. The molecule has 2 heterocycles. The number of anilines is 1. The van der Waals surface area contributed by atoms with Crippen LogP contribution in [0.4, 0.5) is 11.6 Å². The molecule has 4 aromatic rings. The van der Waals surface area contributed by atoms with Crippen LogP contribution < -0.4 is 5.32 Å². The Morgan fingerprint density at radius 3 is 1.93 bits per heavy atom. The number of oxazole rings is 2. The van der Waals surface area contributed by atoms with Gasteiger partial charge in [0.25, 0.3) is 0 Å². The number of aryl methyl sites for hydroxylation is 2. The van der Waals surface area contributed by atoms with Gasteiger partial charge in [-0.2, -0.15) is 9.97 Å². The van der Waals surface area contributed by atoms with Gasteiger partial charge in [0.2, 0.25) is 11.8 Å². The van der Waals surface area contributed by atoms with Gasteiger partial charge in [-0.3, -0.25) is 0 Å². The molecule has 0 atom stereocenters. The highest BCUT2D eigenvalue weighted by molar-refractivity contribution is 5.94. The normalized spacial score (nSPS) is 11.6. The fourth-order valence-electron chi connectivity index (χ4n) is 2.69.